The van der Waals surface area contributed by atoms with Crippen LogP contribution in [0.5, 0.6) is 11.5 Å². The fourth-order valence-electron chi connectivity index (χ4n) is 1.75. The van der Waals surface area contributed by atoms with Crippen LogP contribution in [0.1, 0.15) is 26.3 Å². The van der Waals surface area contributed by atoms with Crippen molar-refractivity contribution in [2.24, 2.45) is 0 Å². The number of carbonyl (C=O) groups excluding carboxylic acids is 1. The Bertz CT molecular complexity index is 599. The topological polar surface area (TPSA) is 29.5 Å². The molecule has 22 heavy (non-hydrogen) atoms. The molecule has 0 saturated heterocycles. The molecule has 2 aromatic rings. The first-order chi connectivity index (χ1) is 10.6. The van der Waals surface area contributed by atoms with Crippen LogP contribution >= 0.6 is 15.9 Å². The van der Waals surface area contributed by atoms with Crippen LogP contribution in [-0.4, -0.2) is 17.9 Å². The van der Waals surface area contributed by atoms with Crippen molar-refractivity contribution in [3.05, 3.63) is 58.6 Å². The lowest BCUT2D eigenvalue weighted by Gasteiger charge is -2.18. The zero-order valence-corrected chi connectivity index (χ0v) is 15.1. The van der Waals surface area contributed by atoms with Gasteiger partial charge in [-0.05, 0) is 30.3 Å². The summed E-state index contributed by atoms with van der Waals surface area (Å²) >= 11 is 3.45. The molecule has 0 aromatic heterocycles. The maximum atomic E-state index is 11.4. The van der Waals surface area contributed by atoms with Gasteiger partial charge >= 0.3 is 0 Å². The third-order valence-corrected chi connectivity index (χ3v) is 3.43. The molecule has 0 heterocycles. The second-order valence-corrected chi connectivity index (χ2v) is 5.46. The molecule has 0 aliphatic heterocycles. The van der Waals surface area contributed by atoms with Crippen molar-refractivity contribution in [3.63, 3.8) is 0 Å². The smallest absolute Gasteiger partial charge is 0.219 e. The number of rotatable bonds is 4. The normalized spacial score (nSPS) is 9.50. The van der Waals surface area contributed by atoms with E-state index in [4.69, 9.17) is 4.74 Å². The highest BCUT2D eigenvalue weighted by Gasteiger charge is 2.10. The summed E-state index contributed by atoms with van der Waals surface area (Å²) in [6, 6.07) is 15.4. The Labute approximate surface area is 141 Å². The molecular formula is C18H22BrNO2. The second-order valence-electron chi connectivity index (χ2n) is 4.54. The largest absolute Gasteiger partial charge is 0.457 e. The average molecular weight is 364 g/mol. The molecular weight excluding hydrogens is 342 g/mol. The number of benzene rings is 2. The molecule has 0 aliphatic carbocycles. The second kappa shape index (κ2) is 9.26. The number of para-hydroxylation sites is 1. The van der Waals surface area contributed by atoms with E-state index < -0.39 is 0 Å². The summed E-state index contributed by atoms with van der Waals surface area (Å²) in [5.41, 5.74) is 0.959. The SMILES string of the molecule is CC.CC(=O)N(C)Cc1cc(Br)ccc1Oc1ccccc1. The van der Waals surface area contributed by atoms with Gasteiger partial charge in [-0.3, -0.25) is 4.79 Å². The van der Waals surface area contributed by atoms with Gasteiger partial charge in [0.25, 0.3) is 0 Å². The molecule has 4 heteroatoms. The summed E-state index contributed by atoms with van der Waals surface area (Å²) in [6.07, 6.45) is 0. The average Bonchev–Trinajstić information content (AvgIpc) is 2.53. The summed E-state index contributed by atoms with van der Waals surface area (Å²) in [5, 5.41) is 0. The van der Waals surface area contributed by atoms with Crippen LogP contribution in [0.25, 0.3) is 0 Å². The molecule has 0 saturated carbocycles. The van der Waals surface area contributed by atoms with Gasteiger partial charge in [0.2, 0.25) is 5.91 Å². The number of nitrogens with zero attached hydrogens (tertiary/aromatic N) is 1. The Hall–Kier alpha value is -1.81. The fourth-order valence-corrected chi connectivity index (χ4v) is 2.16. The van der Waals surface area contributed by atoms with Gasteiger partial charge < -0.3 is 9.64 Å². The van der Waals surface area contributed by atoms with E-state index in [2.05, 4.69) is 15.9 Å². The van der Waals surface area contributed by atoms with E-state index in [0.29, 0.717) is 6.54 Å². The molecule has 118 valence electrons. The maximum Gasteiger partial charge on any atom is 0.219 e. The number of halogens is 1. The Kier molecular flexibility index (Phi) is 7.67. The molecule has 0 radical (unpaired) electrons. The van der Waals surface area contributed by atoms with Crippen LogP contribution < -0.4 is 4.74 Å². The van der Waals surface area contributed by atoms with Crippen LogP contribution in [0.3, 0.4) is 0 Å². The Balaban J connectivity index is 0.00000116. The van der Waals surface area contributed by atoms with Gasteiger partial charge in [0.05, 0.1) is 0 Å². The van der Waals surface area contributed by atoms with E-state index >= 15 is 0 Å². The monoisotopic (exact) mass is 363 g/mol. The summed E-state index contributed by atoms with van der Waals surface area (Å²) in [5.74, 6) is 1.56. The van der Waals surface area contributed by atoms with Gasteiger partial charge in [-0.1, -0.05) is 48.0 Å². The Morgan fingerprint density at radius 2 is 1.77 bits per heavy atom. The molecule has 2 aromatic carbocycles. The number of amides is 1. The minimum Gasteiger partial charge on any atom is -0.457 e. The van der Waals surface area contributed by atoms with Crippen LogP contribution in [0.15, 0.2) is 53.0 Å². The number of hydrogen-bond donors (Lipinski definition) is 0. The molecule has 3 nitrogen and oxygen atoms in total. The molecule has 0 spiro atoms. The van der Waals surface area contributed by atoms with E-state index in [1.807, 2.05) is 62.4 Å². The highest BCUT2D eigenvalue weighted by Crippen LogP contribution is 2.28. The lowest BCUT2D eigenvalue weighted by atomic mass is 10.2. The third kappa shape index (κ3) is 5.53. The summed E-state index contributed by atoms with van der Waals surface area (Å²) in [4.78, 5) is 13.0. The molecule has 0 unspecified atom stereocenters. The Morgan fingerprint density at radius 3 is 2.36 bits per heavy atom. The van der Waals surface area contributed by atoms with Crippen molar-refractivity contribution in [1.82, 2.24) is 4.90 Å². The molecule has 2 rings (SSSR count). The third-order valence-electron chi connectivity index (χ3n) is 2.94. The number of ether oxygens (including phenoxy) is 1. The maximum absolute atomic E-state index is 11.4. The first-order valence-electron chi connectivity index (χ1n) is 7.29. The molecule has 1 amide bonds. The zero-order chi connectivity index (χ0) is 16.5. The van der Waals surface area contributed by atoms with E-state index in [0.717, 1.165) is 21.5 Å². The van der Waals surface area contributed by atoms with Gasteiger partial charge in [0.1, 0.15) is 11.5 Å². The predicted molar refractivity (Wildman–Crippen MR) is 94.2 cm³/mol. The quantitative estimate of drug-likeness (QED) is 0.742. The first kappa shape index (κ1) is 18.2. The molecule has 0 aliphatic rings. The highest BCUT2D eigenvalue weighted by atomic mass is 79.9. The molecule has 0 atom stereocenters. The van der Waals surface area contributed by atoms with Gasteiger partial charge in [0.15, 0.2) is 0 Å². The minimum absolute atomic E-state index is 0.0237. The lowest BCUT2D eigenvalue weighted by molar-refractivity contribution is -0.128. The van der Waals surface area contributed by atoms with Crippen molar-refractivity contribution >= 4 is 21.8 Å². The van der Waals surface area contributed by atoms with E-state index in [1.54, 1.807) is 18.9 Å². The molecule has 0 N–H and O–H groups in total. The summed E-state index contributed by atoms with van der Waals surface area (Å²) < 4.78 is 6.85. The number of hydrogen-bond acceptors (Lipinski definition) is 2. The van der Waals surface area contributed by atoms with Crippen molar-refractivity contribution in [3.8, 4) is 11.5 Å². The van der Waals surface area contributed by atoms with E-state index in [-0.39, 0.29) is 5.91 Å². The van der Waals surface area contributed by atoms with E-state index in [9.17, 15) is 4.79 Å². The zero-order valence-electron chi connectivity index (χ0n) is 13.5. The number of carbonyl (C=O) groups is 1. The van der Waals surface area contributed by atoms with Crippen LogP contribution in [0.2, 0.25) is 0 Å². The van der Waals surface area contributed by atoms with Crippen molar-refractivity contribution in [1.29, 1.82) is 0 Å². The van der Waals surface area contributed by atoms with Gasteiger partial charge in [-0.2, -0.15) is 0 Å². The van der Waals surface area contributed by atoms with Crippen LogP contribution in [0.4, 0.5) is 0 Å². The predicted octanol–water partition coefficient (Wildman–Crippen LogP) is 5.25. The van der Waals surface area contributed by atoms with Crippen molar-refractivity contribution in [2.45, 2.75) is 27.3 Å². The van der Waals surface area contributed by atoms with Crippen LogP contribution in [-0.2, 0) is 11.3 Å². The standard InChI is InChI=1S/C16H16BrNO2.C2H6/c1-12(19)18(2)11-13-10-14(17)8-9-16(13)20-15-6-4-3-5-7-15;1-2/h3-10H,11H2,1-2H3;1-2H3. The fraction of sp³-hybridized carbons (Fsp3) is 0.278. The van der Waals surface area contributed by atoms with E-state index in [1.165, 1.54) is 0 Å². The summed E-state index contributed by atoms with van der Waals surface area (Å²) in [6.45, 7) is 6.06. The summed E-state index contributed by atoms with van der Waals surface area (Å²) in [7, 11) is 1.77. The van der Waals surface area contributed by atoms with Gasteiger partial charge in [-0.25, -0.2) is 0 Å². The first-order valence-corrected chi connectivity index (χ1v) is 8.08. The molecule has 0 bridgehead atoms. The van der Waals surface area contributed by atoms with Gasteiger partial charge in [-0.15, -0.1) is 0 Å². The molecule has 0 fully saturated rings. The van der Waals surface area contributed by atoms with Crippen molar-refractivity contribution in [2.75, 3.05) is 7.05 Å². The van der Waals surface area contributed by atoms with Gasteiger partial charge in [0, 0.05) is 30.6 Å². The van der Waals surface area contributed by atoms with Crippen molar-refractivity contribution < 1.29 is 9.53 Å². The minimum atomic E-state index is 0.0237. The Morgan fingerprint density at radius 1 is 1.14 bits per heavy atom. The lowest BCUT2D eigenvalue weighted by Crippen LogP contribution is -2.23. The van der Waals surface area contributed by atoms with Crippen LogP contribution in [0, 0.1) is 0 Å². The highest BCUT2D eigenvalue weighted by molar-refractivity contribution is 9.10.